The minimum atomic E-state index is -0.148. The zero-order chi connectivity index (χ0) is 11.7. The van der Waals surface area contributed by atoms with Gasteiger partial charge in [0.15, 0.2) is 11.5 Å². The van der Waals surface area contributed by atoms with Crippen molar-refractivity contribution in [3.63, 3.8) is 0 Å². The summed E-state index contributed by atoms with van der Waals surface area (Å²) in [6, 6.07) is 6.17. The molecule has 0 spiro atoms. The molecule has 1 aliphatic heterocycles. The average Bonchev–Trinajstić information content (AvgIpc) is 2.65. The summed E-state index contributed by atoms with van der Waals surface area (Å²) in [6.07, 6.45) is 5.55. The van der Waals surface area contributed by atoms with Crippen LogP contribution < -0.4 is 15.2 Å². The molecule has 2 aliphatic rings. The molecule has 1 heterocycles. The molecule has 0 radical (unpaired) electrons. The van der Waals surface area contributed by atoms with Crippen LogP contribution in [0, 0.1) is 0 Å². The molecule has 3 rings (SSSR count). The highest BCUT2D eigenvalue weighted by molar-refractivity contribution is 5.45. The van der Waals surface area contributed by atoms with Crippen LogP contribution in [0.1, 0.15) is 37.7 Å². The normalized spacial score (nSPS) is 22.2. The van der Waals surface area contributed by atoms with Crippen LogP contribution in [0.4, 0.5) is 0 Å². The Morgan fingerprint density at radius 3 is 2.41 bits per heavy atom. The Morgan fingerprint density at radius 1 is 0.941 bits per heavy atom. The minimum Gasteiger partial charge on any atom is -0.490 e. The lowest BCUT2D eigenvalue weighted by molar-refractivity contribution is 0.296. The molecular formula is C14H19NO2. The van der Waals surface area contributed by atoms with Gasteiger partial charge in [0.2, 0.25) is 0 Å². The molecule has 3 heteroatoms. The van der Waals surface area contributed by atoms with Crippen LogP contribution >= 0.6 is 0 Å². The molecular weight excluding hydrogens is 214 g/mol. The maximum Gasteiger partial charge on any atom is 0.161 e. The van der Waals surface area contributed by atoms with Crippen LogP contribution in [0.2, 0.25) is 0 Å². The van der Waals surface area contributed by atoms with Crippen molar-refractivity contribution in [3.8, 4) is 11.5 Å². The monoisotopic (exact) mass is 233 g/mol. The van der Waals surface area contributed by atoms with Crippen LogP contribution in [0.25, 0.3) is 0 Å². The molecule has 1 aromatic rings. The van der Waals surface area contributed by atoms with Gasteiger partial charge in [-0.25, -0.2) is 0 Å². The third-order valence-electron chi connectivity index (χ3n) is 3.82. The highest BCUT2D eigenvalue weighted by atomic mass is 16.5. The molecule has 0 unspecified atom stereocenters. The van der Waals surface area contributed by atoms with Crippen molar-refractivity contribution in [1.29, 1.82) is 0 Å². The summed E-state index contributed by atoms with van der Waals surface area (Å²) >= 11 is 0. The second-order valence-electron chi connectivity index (χ2n) is 5.08. The Balaban J connectivity index is 1.94. The van der Waals surface area contributed by atoms with Crippen molar-refractivity contribution < 1.29 is 9.47 Å². The van der Waals surface area contributed by atoms with Gasteiger partial charge in [-0.2, -0.15) is 0 Å². The fraction of sp³-hybridized carbons (Fsp3) is 0.571. The summed E-state index contributed by atoms with van der Waals surface area (Å²) in [5.41, 5.74) is 7.50. The Bertz CT molecular complexity index is 411. The van der Waals surface area contributed by atoms with E-state index in [4.69, 9.17) is 15.2 Å². The molecule has 2 N–H and O–H groups in total. The van der Waals surface area contributed by atoms with Crippen molar-refractivity contribution >= 4 is 0 Å². The van der Waals surface area contributed by atoms with E-state index in [1.54, 1.807) is 0 Å². The van der Waals surface area contributed by atoms with Gasteiger partial charge >= 0.3 is 0 Å². The van der Waals surface area contributed by atoms with Gasteiger partial charge in [-0.15, -0.1) is 0 Å². The fourth-order valence-electron chi connectivity index (χ4n) is 2.77. The first-order chi connectivity index (χ1) is 8.28. The highest BCUT2D eigenvalue weighted by Gasteiger charge is 2.32. The van der Waals surface area contributed by atoms with Gasteiger partial charge in [-0.1, -0.05) is 18.9 Å². The number of hydrogen-bond acceptors (Lipinski definition) is 3. The summed E-state index contributed by atoms with van der Waals surface area (Å²) in [5.74, 6) is 1.71. The van der Waals surface area contributed by atoms with Crippen molar-refractivity contribution in [3.05, 3.63) is 23.8 Å². The molecule has 0 atom stereocenters. The number of fused-ring (bicyclic) bond motifs is 1. The van der Waals surface area contributed by atoms with Crippen LogP contribution in [0.15, 0.2) is 18.2 Å². The Morgan fingerprint density at radius 2 is 1.65 bits per heavy atom. The lowest BCUT2D eigenvalue weighted by Gasteiger charge is -2.25. The molecule has 1 aliphatic carbocycles. The van der Waals surface area contributed by atoms with Crippen molar-refractivity contribution in [2.75, 3.05) is 13.2 Å². The van der Waals surface area contributed by atoms with Gasteiger partial charge in [-0.3, -0.25) is 0 Å². The van der Waals surface area contributed by atoms with Gasteiger partial charge in [0, 0.05) is 12.0 Å². The van der Waals surface area contributed by atoms with E-state index >= 15 is 0 Å². The van der Waals surface area contributed by atoms with Gasteiger partial charge in [0.25, 0.3) is 0 Å². The first-order valence-corrected chi connectivity index (χ1v) is 6.47. The van der Waals surface area contributed by atoms with E-state index in [-0.39, 0.29) is 5.54 Å². The lowest BCUT2D eigenvalue weighted by atomic mass is 9.89. The second-order valence-corrected chi connectivity index (χ2v) is 5.08. The summed E-state index contributed by atoms with van der Waals surface area (Å²) in [4.78, 5) is 0. The van der Waals surface area contributed by atoms with E-state index in [2.05, 4.69) is 12.1 Å². The minimum absolute atomic E-state index is 0.148. The molecule has 3 nitrogen and oxygen atoms in total. The quantitative estimate of drug-likeness (QED) is 0.810. The Kier molecular flexibility index (Phi) is 2.71. The Hall–Kier alpha value is -1.22. The molecule has 0 bridgehead atoms. The van der Waals surface area contributed by atoms with E-state index in [0.717, 1.165) is 44.0 Å². The van der Waals surface area contributed by atoms with Gasteiger partial charge in [0.1, 0.15) is 0 Å². The van der Waals surface area contributed by atoms with Crippen LogP contribution in [-0.2, 0) is 5.54 Å². The molecule has 1 saturated carbocycles. The second kappa shape index (κ2) is 4.22. The zero-order valence-electron chi connectivity index (χ0n) is 10.1. The zero-order valence-corrected chi connectivity index (χ0v) is 10.1. The number of rotatable bonds is 1. The van der Waals surface area contributed by atoms with Crippen LogP contribution in [0.5, 0.6) is 11.5 Å². The summed E-state index contributed by atoms with van der Waals surface area (Å²) in [6.45, 7) is 1.47. The van der Waals surface area contributed by atoms with Crippen molar-refractivity contribution in [2.24, 2.45) is 5.73 Å². The molecule has 0 amide bonds. The molecule has 17 heavy (non-hydrogen) atoms. The van der Waals surface area contributed by atoms with Gasteiger partial charge in [0.05, 0.1) is 13.2 Å². The van der Waals surface area contributed by atoms with Crippen molar-refractivity contribution in [1.82, 2.24) is 0 Å². The average molecular weight is 233 g/mol. The lowest BCUT2D eigenvalue weighted by Crippen LogP contribution is -2.32. The SMILES string of the molecule is NC1(c2ccc3c(c2)OCCCO3)CCCC1. The summed E-state index contributed by atoms with van der Waals surface area (Å²) < 4.78 is 11.3. The standard InChI is InChI=1S/C14H19NO2/c15-14(6-1-2-7-14)11-4-5-12-13(10-11)17-9-3-8-16-12/h4-5,10H,1-3,6-9,15H2. The van der Waals surface area contributed by atoms with E-state index in [1.165, 1.54) is 18.4 Å². The Labute approximate surface area is 102 Å². The summed E-state index contributed by atoms with van der Waals surface area (Å²) in [7, 11) is 0. The van der Waals surface area contributed by atoms with E-state index in [1.807, 2.05) is 6.07 Å². The van der Waals surface area contributed by atoms with Crippen LogP contribution in [-0.4, -0.2) is 13.2 Å². The van der Waals surface area contributed by atoms with E-state index in [9.17, 15) is 0 Å². The third-order valence-corrected chi connectivity index (χ3v) is 3.82. The number of ether oxygens (including phenoxy) is 2. The molecule has 1 fully saturated rings. The highest BCUT2D eigenvalue weighted by Crippen LogP contribution is 2.40. The predicted octanol–water partition coefficient (Wildman–Crippen LogP) is 2.58. The largest absolute Gasteiger partial charge is 0.490 e. The van der Waals surface area contributed by atoms with E-state index in [0.29, 0.717) is 0 Å². The fourth-order valence-corrected chi connectivity index (χ4v) is 2.77. The third kappa shape index (κ3) is 2.00. The number of nitrogens with two attached hydrogens (primary N) is 1. The number of benzene rings is 1. The van der Waals surface area contributed by atoms with E-state index < -0.39 is 0 Å². The summed E-state index contributed by atoms with van der Waals surface area (Å²) in [5, 5.41) is 0. The molecule has 92 valence electrons. The first kappa shape index (κ1) is 10.9. The number of hydrogen-bond donors (Lipinski definition) is 1. The molecule has 0 aromatic heterocycles. The topological polar surface area (TPSA) is 44.5 Å². The predicted molar refractivity (Wildman–Crippen MR) is 66.4 cm³/mol. The van der Waals surface area contributed by atoms with Gasteiger partial charge < -0.3 is 15.2 Å². The maximum atomic E-state index is 6.46. The van der Waals surface area contributed by atoms with Crippen molar-refractivity contribution in [2.45, 2.75) is 37.6 Å². The maximum absolute atomic E-state index is 6.46. The van der Waals surface area contributed by atoms with Crippen LogP contribution in [0.3, 0.4) is 0 Å². The molecule has 1 aromatic carbocycles. The molecule has 0 saturated heterocycles. The van der Waals surface area contributed by atoms with Gasteiger partial charge in [-0.05, 0) is 30.5 Å². The smallest absolute Gasteiger partial charge is 0.161 e. The first-order valence-electron chi connectivity index (χ1n) is 6.47.